The van der Waals surface area contributed by atoms with Gasteiger partial charge < -0.3 is 9.55 Å². The summed E-state index contributed by atoms with van der Waals surface area (Å²) in [6.45, 7) is 6.98. The predicted molar refractivity (Wildman–Crippen MR) is 66.1 cm³/mol. The maximum atomic E-state index is 5.11. The highest BCUT2D eigenvalue weighted by atomic mass is 32.1. The Kier molecular flexibility index (Phi) is 2.47. The number of hydrogen-bond acceptors (Lipinski definition) is 3. The highest BCUT2D eigenvalue weighted by molar-refractivity contribution is 7.71. The third kappa shape index (κ3) is 2.15. The molecule has 2 heterocycles. The number of rotatable bonds is 2. The lowest BCUT2D eigenvalue weighted by molar-refractivity contribution is 0.866. The summed E-state index contributed by atoms with van der Waals surface area (Å²) in [6.07, 6.45) is 4.52. The van der Waals surface area contributed by atoms with Gasteiger partial charge in [-0.2, -0.15) is 0 Å². The third-order valence-electron chi connectivity index (χ3n) is 2.07. The van der Waals surface area contributed by atoms with E-state index in [1.165, 1.54) is 0 Å². The molecule has 0 bridgehead atoms. The molecule has 0 aliphatic carbocycles. The summed E-state index contributed by atoms with van der Waals surface area (Å²) in [5.41, 5.74) is 1.78. The number of nitrogens with zero attached hydrogens (tertiary/aromatic N) is 3. The van der Waals surface area contributed by atoms with Crippen molar-refractivity contribution in [2.45, 2.75) is 25.8 Å². The molecule has 0 saturated carbocycles. The molecular weight excluding hydrogens is 224 g/mol. The Morgan fingerprint density at radius 3 is 2.80 bits per heavy atom. The zero-order valence-electron chi connectivity index (χ0n) is 9.11. The van der Waals surface area contributed by atoms with Gasteiger partial charge in [0.05, 0.1) is 20.7 Å². The van der Waals surface area contributed by atoms with E-state index < -0.39 is 8.07 Å². The van der Waals surface area contributed by atoms with Gasteiger partial charge in [0.1, 0.15) is 11.2 Å². The monoisotopic (exact) mass is 238 g/mol. The lowest BCUT2D eigenvalue weighted by atomic mass is 10.6. The molecule has 0 spiro atoms. The van der Waals surface area contributed by atoms with E-state index in [2.05, 4.69) is 39.2 Å². The normalized spacial score (nSPS) is 12.2. The molecular formula is C9H14N4SSi. The van der Waals surface area contributed by atoms with Crippen molar-refractivity contribution in [3.05, 3.63) is 17.3 Å². The summed E-state index contributed by atoms with van der Waals surface area (Å²) in [7, 11) is -1.15. The van der Waals surface area contributed by atoms with Gasteiger partial charge >= 0.3 is 0 Å². The molecule has 0 radical (unpaired) electrons. The lowest BCUT2D eigenvalue weighted by Crippen LogP contribution is -2.27. The van der Waals surface area contributed by atoms with Crippen molar-refractivity contribution in [3.8, 4) is 0 Å². The number of aromatic nitrogens is 4. The topological polar surface area (TPSA) is 46.5 Å². The maximum Gasteiger partial charge on any atom is 0.157 e. The van der Waals surface area contributed by atoms with Crippen LogP contribution in [0.4, 0.5) is 0 Å². The average Bonchev–Trinajstić information content (AvgIpc) is 2.48. The van der Waals surface area contributed by atoms with Gasteiger partial charge in [-0.25, -0.2) is 9.97 Å². The van der Waals surface area contributed by atoms with Crippen molar-refractivity contribution in [1.82, 2.24) is 19.5 Å². The Labute approximate surface area is 94.4 Å². The number of hydrogen-bond donors (Lipinski definition) is 1. The second-order valence-corrected chi connectivity index (χ2v) is 10.7. The van der Waals surface area contributed by atoms with Gasteiger partial charge in [-0.05, 0) is 0 Å². The van der Waals surface area contributed by atoms with E-state index in [-0.39, 0.29) is 0 Å². The van der Waals surface area contributed by atoms with Crippen molar-refractivity contribution in [1.29, 1.82) is 0 Å². The molecule has 4 nitrogen and oxygen atoms in total. The predicted octanol–water partition coefficient (Wildman–Crippen LogP) is 2.37. The van der Waals surface area contributed by atoms with Crippen molar-refractivity contribution in [2.24, 2.45) is 0 Å². The van der Waals surface area contributed by atoms with Crippen LogP contribution in [-0.4, -0.2) is 27.6 Å². The summed E-state index contributed by atoms with van der Waals surface area (Å²) >= 11 is 5.11. The van der Waals surface area contributed by atoms with Crippen LogP contribution in [0.2, 0.25) is 19.6 Å². The largest absolute Gasteiger partial charge is 0.331 e. The summed E-state index contributed by atoms with van der Waals surface area (Å²) in [4.78, 5) is 11.4. The van der Waals surface area contributed by atoms with Crippen LogP contribution in [0.25, 0.3) is 11.2 Å². The van der Waals surface area contributed by atoms with Crippen LogP contribution in [0, 0.1) is 4.64 Å². The van der Waals surface area contributed by atoms with Gasteiger partial charge in [-0.15, -0.1) is 0 Å². The van der Waals surface area contributed by atoms with E-state index in [4.69, 9.17) is 12.2 Å². The zero-order valence-corrected chi connectivity index (χ0v) is 10.9. The molecule has 0 aliphatic heterocycles. The minimum atomic E-state index is -1.15. The van der Waals surface area contributed by atoms with Gasteiger partial charge in [0, 0.05) is 6.17 Å². The lowest BCUT2D eigenvalue weighted by Gasteiger charge is -2.16. The van der Waals surface area contributed by atoms with E-state index >= 15 is 0 Å². The highest BCUT2D eigenvalue weighted by Crippen LogP contribution is 2.13. The SMILES string of the molecule is C[Si](C)(C)Cn1cnc2c(=S)nc[nH]c21. The Morgan fingerprint density at radius 2 is 2.13 bits per heavy atom. The van der Waals surface area contributed by atoms with E-state index in [0.717, 1.165) is 17.3 Å². The first-order valence-electron chi connectivity index (χ1n) is 4.86. The van der Waals surface area contributed by atoms with E-state index in [0.29, 0.717) is 4.64 Å². The van der Waals surface area contributed by atoms with Gasteiger partial charge in [0.15, 0.2) is 4.64 Å². The van der Waals surface area contributed by atoms with Crippen LogP contribution >= 0.6 is 12.2 Å². The number of H-pyrrole nitrogens is 1. The van der Waals surface area contributed by atoms with Crippen LogP contribution in [0.5, 0.6) is 0 Å². The molecule has 0 unspecified atom stereocenters. The van der Waals surface area contributed by atoms with Crippen LogP contribution in [0.15, 0.2) is 12.7 Å². The quantitative estimate of drug-likeness (QED) is 0.645. The first-order valence-corrected chi connectivity index (χ1v) is 8.97. The Balaban J connectivity index is 2.55. The molecule has 0 saturated heterocycles. The molecule has 0 amide bonds. The molecule has 15 heavy (non-hydrogen) atoms. The smallest absolute Gasteiger partial charge is 0.157 e. The highest BCUT2D eigenvalue weighted by Gasteiger charge is 2.16. The number of aromatic amines is 1. The van der Waals surface area contributed by atoms with Gasteiger partial charge in [-0.1, -0.05) is 31.9 Å². The Hall–Kier alpha value is -1.01. The molecule has 2 aromatic rings. The van der Waals surface area contributed by atoms with Crippen LogP contribution < -0.4 is 0 Å². The van der Waals surface area contributed by atoms with Crippen LogP contribution in [-0.2, 0) is 6.17 Å². The molecule has 2 rings (SSSR count). The number of nitrogens with one attached hydrogen (secondary N) is 1. The van der Waals surface area contributed by atoms with Crippen LogP contribution in [0.3, 0.4) is 0 Å². The molecule has 0 aliphatic rings. The van der Waals surface area contributed by atoms with Crippen molar-refractivity contribution < 1.29 is 0 Å². The van der Waals surface area contributed by atoms with E-state index in [1.54, 1.807) is 6.33 Å². The molecule has 2 aromatic heterocycles. The standard InChI is InChI=1S/C9H14N4SSi/c1-15(2,3)6-13-5-12-7-8(13)10-4-11-9(7)14/h4-5H,6H2,1-3H3,(H,10,11,14). The number of fused-ring (bicyclic) bond motifs is 1. The minimum absolute atomic E-state index is 0.568. The molecule has 1 N–H and O–H groups in total. The molecule has 0 aromatic carbocycles. The first kappa shape index (κ1) is 10.5. The maximum absolute atomic E-state index is 5.11. The van der Waals surface area contributed by atoms with Gasteiger partial charge in [0.25, 0.3) is 0 Å². The fourth-order valence-corrected chi connectivity index (χ4v) is 3.00. The van der Waals surface area contributed by atoms with E-state index in [9.17, 15) is 0 Å². The summed E-state index contributed by atoms with van der Waals surface area (Å²) in [5, 5.41) is 0. The molecule has 80 valence electrons. The molecule has 0 fully saturated rings. The second kappa shape index (κ2) is 3.53. The van der Waals surface area contributed by atoms with Crippen molar-refractivity contribution in [2.75, 3.05) is 0 Å². The molecule has 6 heteroatoms. The number of imidazole rings is 1. The van der Waals surface area contributed by atoms with E-state index in [1.807, 2.05) is 6.33 Å². The summed E-state index contributed by atoms with van der Waals surface area (Å²) in [5.74, 6) is 0. The summed E-state index contributed by atoms with van der Waals surface area (Å²) in [6, 6.07) is 0. The minimum Gasteiger partial charge on any atom is -0.331 e. The molecule has 0 atom stereocenters. The average molecular weight is 238 g/mol. The fraction of sp³-hybridized carbons (Fsp3) is 0.444. The van der Waals surface area contributed by atoms with Crippen molar-refractivity contribution >= 4 is 31.5 Å². The second-order valence-electron chi connectivity index (χ2n) is 4.84. The van der Waals surface area contributed by atoms with Gasteiger partial charge in [-0.3, -0.25) is 0 Å². The Bertz CT molecular complexity index is 537. The van der Waals surface area contributed by atoms with Gasteiger partial charge in [0.2, 0.25) is 0 Å². The fourth-order valence-electron chi connectivity index (χ4n) is 1.53. The summed E-state index contributed by atoms with van der Waals surface area (Å²) < 4.78 is 2.71. The zero-order chi connectivity index (χ0) is 11.1. The van der Waals surface area contributed by atoms with Crippen LogP contribution in [0.1, 0.15) is 0 Å². The third-order valence-corrected chi connectivity index (χ3v) is 3.66. The first-order chi connectivity index (χ1) is 6.97. The van der Waals surface area contributed by atoms with Crippen molar-refractivity contribution in [3.63, 3.8) is 0 Å². The Morgan fingerprint density at radius 1 is 1.40 bits per heavy atom.